The van der Waals surface area contributed by atoms with E-state index in [1.54, 1.807) is 30.3 Å². The van der Waals surface area contributed by atoms with Crippen molar-refractivity contribution in [2.45, 2.75) is 66.8 Å². The van der Waals surface area contributed by atoms with Crippen LogP contribution in [0.3, 0.4) is 0 Å². The van der Waals surface area contributed by atoms with E-state index in [2.05, 4.69) is 74.1 Å². The number of fused-ring (bicyclic) bond motifs is 18. The van der Waals surface area contributed by atoms with Crippen LogP contribution in [-0.4, -0.2) is 69.5 Å². The van der Waals surface area contributed by atoms with Crippen molar-refractivity contribution in [1.29, 1.82) is 26.3 Å². The third-order valence-electron chi connectivity index (χ3n) is 25.6. The average molecular weight is 1820 g/mol. The first kappa shape index (κ1) is 94.3. The van der Waals surface area contributed by atoms with E-state index in [9.17, 15) is 35.9 Å². The molecule has 6 aliphatic rings. The van der Waals surface area contributed by atoms with Gasteiger partial charge in [0.05, 0.1) is 107 Å². The fourth-order valence-electron chi connectivity index (χ4n) is 19.2. The lowest BCUT2D eigenvalue weighted by Crippen LogP contribution is -2.34. The van der Waals surface area contributed by atoms with Crippen LogP contribution in [0.15, 0.2) is 289 Å². The minimum absolute atomic E-state index is 0.000521. The van der Waals surface area contributed by atoms with Crippen LogP contribution in [0.2, 0.25) is 0 Å². The number of benzene rings is 12. The summed E-state index contributed by atoms with van der Waals surface area (Å²) in [7, 11) is 0. The van der Waals surface area contributed by atoms with E-state index in [0.29, 0.717) is 86.6 Å². The van der Waals surface area contributed by atoms with E-state index in [4.69, 9.17) is 78.2 Å². The summed E-state index contributed by atoms with van der Waals surface area (Å²) in [6, 6.07) is 90.5. The molecule has 0 bridgehead atoms. The molecule has 0 amide bonds. The third kappa shape index (κ3) is 18.6. The van der Waals surface area contributed by atoms with Crippen LogP contribution < -0.4 is 0 Å². The fourth-order valence-corrected chi connectivity index (χ4v) is 19.2. The maximum Gasteiger partial charge on any atom is 0.338 e. The van der Waals surface area contributed by atoms with Gasteiger partial charge in [-0.1, -0.05) is 269 Å². The number of carbonyl (C=O) groups is 2. The minimum atomic E-state index is -0.560. The molecule has 0 radical (unpaired) electrons. The predicted octanol–water partition coefficient (Wildman–Crippen LogP) is 25.5. The van der Waals surface area contributed by atoms with Gasteiger partial charge in [0.15, 0.2) is 5.70 Å². The van der Waals surface area contributed by atoms with Gasteiger partial charge in [0.25, 0.3) is 28.5 Å². The van der Waals surface area contributed by atoms with Crippen LogP contribution >= 0.6 is 0 Å². The normalized spacial score (nSPS) is 14.5. The minimum Gasteiger partial charge on any atom is -0.462 e. The molecular formula is C117H84N12O10. The number of ether oxygens (including phenoxy) is 2. The van der Waals surface area contributed by atoms with Crippen molar-refractivity contribution in [2.24, 2.45) is 11.8 Å². The monoisotopic (exact) mass is 1820 g/mol. The number of carbonyl (C=O) groups excluding carboxylic acids is 2. The molecular weight excluding hydrogens is 1730 g/mol. The van der Waals surface area contributed by atoms with Crippen LogP contribution in [0, 0.1) is 115 Å². The second kappa shape index (κ2) is 43.4. The number of rotatable bonds is 28. The molecule has 12 aromatic carbocycles. The van der Waals surface area contributed by atoms with E-state index < -0.39 is 11.9 Å². The van der Waals surface area contributed by atoms with E-state index >= 15 is 0 Å². The molecule has 672 valence electrons. The number of nitrogens with zero attached hydrogens (tertiary/aromatic N) is 12. The van der Waals surface area contributed by atoms with Gasteiger partial charge in [-0.2, -0.15) is 0 Å². The molecule has 6 aliphatic carbocycles. The molecule has 22 heteroatoms. The van der Waals surface area contributed by atoms with Crippen molar-refractivity contribution < 1.29 is 48.4 Å². The summed E-state index contributed by atoms with van der Waals surface area (Å²) in [4.78, 5) is 85.0. The molecule has 0 saturated carbocycles. The SMILES string of the molecule is [C-]#[N+]/C(C#N)=C1/c2ccccc2-c2c(COOCCN(CCOOCc3cccc4c3-c3ccccc3/C4=C(/C#N)[N+]#[C-])CCOC(=O)c3cccc4c3-c3ccccc3/C4=C(/C#N)[N+]#[C-])cccc21.[C-]#[N+]/C(C#N)=C1\c2ccccc2-c2c(C)cccc21.[C-]#[N+]/C(C)=C1/c2ccccc2-c2c(COOCC(CC)CC(CC)COC(=O)c3cccc4c3-c3ccccc3/C4=C(/C#N)[N+]#[C-])cccc21. The number of aryl methyl sites for hydroxylation is 1. The van der Waals surface area contributed by atoms with Crippen molar-refractivity contribution in [2.75, 3.05) is 52.7 Å². The first-order chi connectivity index (χ1) is 68.2. The summed E-state index contributed by atoms with van der Waals surface area (Å²) < 4.78 is 11.8. The highest BCUT2D eigenvalue weighted by atomic mass is 17.2. The Labute approximate surface area is 806 Å². The second-order valence-electron chi connectivity index (χ2n) is 33.1. The molecule has 0 heterocycles. The molecule has 0 fully saturated rings. The molecule has 22 nitrogen and oxygen atoms in total. The fraction of sp³-hybridized carbons (Fsp3) is 0.171. The first-order valence-electron chi connectivity index (χ1n) is 45.0. The van der Waals surface area contributed by atoms with E-state index in [1.165, 1.54) is 5.56 Å². The molecule has 12 aromatic rings. The van der Waals surface area contributed by atoms with Gasteiger partial charge >= 0.3 is 11.9 Å². The van der Waals surface area contributed by atoms with Gasteiger partial charge in [-0.3, -0.25) is 4.90 Å². The Balaban J connectivity index is 0.000000174. The lowest BCUT2D eigenvalue weighted by atomic mass is 9.92. The standard InChI is InChI=1S/C57H37N7O6.C43H37N3O4.C17H10N2/c1-61-48(31-58)54-41-18-7-4-15-38(41)51-36(13-10-21-44(51)54)34-69-67-29-26-64(25-28-66-57(65)47-24-12-23-46-53(47)40-17-6-9-20-43(40)56(46)50(33-60)63-3)27-30-68-70-35-37-14-11-22-45-52(37)39-16-5-8-19-42(39)55(45)49(32-59)62-2;1-6-28(24-48-43(47)37-21-13-20-36-41(37)33-17-10-11-18-34(33)42(36)38(23-44)46-5)22-29(7-2)25-49-50-26-30-14-12-19-35-39(27(3)45-4)31-15-8-9-16-32(31)40(30)35;1-11-6-5-9-14-16(11)12-7-3-4-8-13(12)17(14)15(10-18)19-2/h4-24H,25-30,34-35H2;8-21,28-29H,6-7,22,24-26H2,1-3H3;3-9H,1H3/b54-48-,55-49+,56-50+;39-27-,42-38+;17-15+. The Morgan fingerprint density at radius 1 is 0.302 bits per heavy atom. The maximum absolute atomic E-state index is 13.8. The van der Waals surface area contributed by atoms with Gasteiger partial charge in [0, 0.05) is 58.6 Å². The van der Waals surface area contributed by atoms with E-state index in [-0.39, 0.29) is 93.1 Å². The van der Waals surface area contributed by atoms with E-state index in [0.717, 1.165) is 153 Å². The molecule has 0 aromatic heterocycles. The predicted molar refractivity (Wildman–Crippen MR) is 527 cm³/mol. The summed E-state index contributed by atoms with van der Waals surface area (Å²) in [6.45, 7) is 55.8. The zero-order valence-corrected chi connectivity index (χ0v) is 76.3. The van der Waals surface area contributed by atoms with Gasteiger partial charge in [-0.15, -0.1) is 0 Å². The molecule has 18 rings (SSSR count). The Morgan fingerprint density at radius 3 is 0.921 bits per heavy atom. The zero-order valence-electron chi connectivity index (χ0n) is 76.3. The molecule has 0 N–H and O–H groups in total. The number of hydrogen-bond acceptors (Lipinski definition) is 16. The highest BCUT2D eigenvalue weighted by Crippen LogP contribution is 2.54. The smallest absolute Gasteiger partial charge is 0.338 e. The second-order valence-corrected chi connectivity index (χ2v) is 33.1. The Morgan fingerprint density at radius 2 is 0.576 bits per heavy atom. The molecule has 2 atom stereocenters. The molecule has 0 saturated heterocycles. The van der Waals surface area contributed by atoms with Gasteiger partial charge in [-0.25, -0.2) is 94.3 Å². The number of esters is 2. The lowest BCUT2D eigenvalue weighted by Gasteiger charge is -2.22. The topological polar surface area (TPSA) is 256 Å². The van der Waals surface area contributed by atoms with Gasteiger partial charge in [0.1, 0.15) is 26.4 Å². The lowest BCUT2D eigenvalue weighted by molar-refractivity contribution is -0.311. The highest BCUT2D eigenvalue weighted by Gasteiger charge is 2.37. The van der Waals surface area contributed by atoms with Crippen molar-refractivity contribution >= 4 is 45.4 Å². The van der Waals surface area contributed by atoms with Gasteiger partial charge in [-0.05, 0) is 194 Å². The van der Waals surface area contributed by atoms with Crippen LogP contribution in [-0.2, 0) is 58.6 Å². The Kier molecular flexibility index (Phi) is 29.5. The molecule has 0 aliphatic heterocycles. The third-order valence-corrected chi connectivity index (χ3v) is 25.6. The van der Waals surface area contributed by atoms with Crippen molar-refractivity contribution in [3.05, 3.63) is 458 Å². The van der Waals surface area contributed by atoms with Gasteiger partial charge in [0.2, 0.25) is 0 Å². The molecule has 2 unspecified atom stereocenters. The zero-order chi connectivity index (χ0) is 97.2. The average Bonchev–Trinajstić information content (AvgIpc) is 1.88. The Hall–Kier alpha value is -17.9. The van der Waals surface area contributed by atoms with Crippen LogP contribution in [0.5, 0.6) is 0 Å². The largest absolute Gasteiger partial charge is 0.462 e. The quantitative estimate of drug-likeness (QED) is 0.0110. The summed E-state index contributed by atoms with van der Waals surface area (Å²) in [6.07, 6.45) is 2.52. The number of allylic oxidation sites excluding steroid dienone is 6. The summed E-state index contributed by atoms with van der Waals surface area (Å²) >= 11 is 0. The van der Waals surface area contributed by atoms with Crippen molar-refractivity contribution in [3.8, 4) is 97.1 Å². The maximum atomic E-state index is 13.8. The summed E-state index contributed by atoms with van der Waals surface area (Å²) in [5.74, 6) is -0.652. The summed E-state index contributed by atoms with van der Waals surface area (Å²) in [5.41, 5.74) is 30.3. The van der Waals surface area contributed by atoms with Crippen molar-refractivity contribution in [1.82, 2.24) is 4.90 Å². The number of nitriles is 5. The van der Waals surface area contributed by atoms with E-state index in [1.807, 2.05) is 242 Å². The highest BCUT2D eigenvalue weighted by molar-refractivity contribution is 6.13. The molecule has 139 heavy (non-hydrogen) atoms. The van der Waals surface area contributed by atoms with Crippen LogP contribution in [0.4, 0.5) is 0 Å². The van der Waals surface area contributed by atoms with Crippen LogP contribution in [0.25, 0.3) is 129 Å². The van der Waals surface area contributed by atoms with Gasteiger partial charge < -0.3 is 9.47 Å². The summed E-state index contributed by atoms with van der Waals surface area (Å²) in [5, 5.41) is 48.2. The molecule has 0 spiro atoms. The van der Waals surface area contributed by atoms with Crippen LogP contribution in [0.1, 0.15) is 150 Å². The first-order valence-corrected chi connectivity index (χ1v) is 45.0. The van der Waals surface area contributed by atoms with Crippen molar-refractivity contribution in [3.63, 3.8) is 0 Å². The Bertz CT molecular complexity index is 7530. The number of hydrogen-bond donors (Lipinski definition) is 0.